The molecule has 1 heteroatoms. The summed E-state index contributed by atoms with van der Waals surface area (Å²) in [6, 6.07) is 0. The zero-order valence-electron chi connectivity index (χ0n) is 6.11. The van der Waals surface area contributed by atoms with Crippen LogP contribution in [0.2, 0.25) is 0 Å². The van der Waals surface area contributed by atoms with Crippen molar-refractivity contribution in [3.8, 4) is 0 Å². The van der Waals surface area contributed by atoms with Gasteiger partial charge in [-0.15, -0.1) is 12.4 Å². The van der Waals surface area contributed by atoms with Gasteiger partial charge in [0.2, 0.25) is 0 Å². The van der Waals surface area contributed by atoms with E-state index < -0.39 is 0 Å². The van der Waals surface area contributed by atoms with Crippen LogP contribution in [0.15, 0.2) is 0 Å². The maximum Gasteiger partial charge on any atom is -0.0422 e. The van der Waals surface area contributed by atoms with E-state index in [0.29, 0.717) is 0 Å². The lowest BCUT2D eigenvalue weighted by Crippen LogP contribution is -1.91. The van der Waals surface area contributed by atoms with Gasteiger partial charge in [-0.05, 0) is 5.92 Å². The topological polar surface area (TPSA) is 0 Å². The second-order valence-electron chi connectivity index (χ2n) is 2.09. The molecule has 0 unspecified atom stereocenters. The molecule has 0 amide bonds. The van der Waals surface area contributed by atoms with E-state index in [9.17, 15) is 0 Å². The smallest absolute Gasteiger partial charge is 0.0422 e. The van der Waals surface area contributed by atoms with Crippen LogP contribution < -0.4 is 0 Å². The molecule has 0 saturated heterocycles. The molecule has 0 spiro atoms. The summed E-state index contributed by atoms with van der Waals surface area (Å²) in [5.74, 6) is 0.986. The van der Waals surface area contributed by atoms with Gasteiger partial charge in [-0.25, -0.2) is 0 Å². The Hall–Kier alpha value is 0.290. The predicted molar refractivity (Wildman–Crippen MR) is 41.6 cm³/mol. The second kappa shape index (κ2) is 7.29. The normalized spacial score (nSPS) is 9.00. The van der Waals surface area contributed by atoms with Gasteiger partial charge in [0, 0.05) is 0 Å². The third kappa shape index (κ3) is 4.45. The van der Waals surface area contributed by atoms with Gasteiger partial charge < -0.3 is 0 Å². The van der Waals surface area contributed by atoms with E-state index in [1.807, 2.05) is 0 Å². The Morgan fingerprint density at radius 1 is 0.875 bits per heavy atom. The Balaban J connectivity index is 0. The molecule has 0 aliphatic heterocycles. The van der Waals surface area contributed by atoms with Crippen molar-refractivity contribution in [2.45, 2.75) is 40.0 Å². The molecular weight excluding hydrogens is 120 g/mol. The highest BCUT2D eigenvalue weighted by atomic mass is 35.5. The lowest BCUT2D eigenvalue weighted by molar-refractivity contribution is 0.477. The molecule has 0 aromatic heterocycles. The number of halogens is 1. The highest BCUT2D eigenvalue weighted by Crippen LogP contribution is 2.09. The van der Waals surface area contributed by atoms with Gasteiger partial charge in [0.15, 0.2) is 0 Å². The van der Waals surface area contributed by atoms with Crippen molar-refractivity contribution in [2.24, 2.45) is 5.92 Å². The van der Waals surface area contributed by atoms with Crippen molar-refractivity contribution in [3.05, 3.63) is 0 Å². The van der Waals surface area contributed by atoms with Crippen LogP contribution in [-0.2, 0) is 0 Å². The van der Waals surface area contributed by atoms with E-state index in [-0.39, 0.29) is 12.4 Å². The van der Waals surface area contributed by atoms with Crippen LogP contribution in [0.5, 0.6) is 0 Å². The zero-order valence-corrected chi connectivity index (χ0v) is 6.92. The van der Waals surface area contributed by atoms with Gasteiger partial charge >= 0.3 is 0 Å². The summed E-state index contributed by atoms with van der Waals surface area (Å²) in [7, 11) is 0. The van der Waals surface area contributed by atoms with Crippen LogP contribution in [0.25, 0.3) is 0 Å². The lowest BCUT2D eigenvalue weighted by atomic mass is 10.0. The van der Waals surface area contributed by atoms with Crippen LogP contribution in [0.3, 0.4) is 0 Å². The van der Waals surface area contributed by atoms with Crippen molar-refractivity contribution in [1.82, 2.24) is 0 Å². The minimum absolute atomic E-state index is 0. The molecule has 0 fully saturated rings. The average Bonchev–Trinajstić information content (AvgIpc) is 1.72. The summed E-state index contributed by atoms with van der Waals surface area (Å²) in [6.07, 6.45) is 4.06. The molecule has 0 aliphatic carbocycles. The third-order valence-electron chi connectivity index (χ3n) is 1.73. The standard InChI is InChI=1S/C7H16.ClH/c1-4-7(5-2)6-3;/h7H,4-6H2,1-3H3;1H. The van der Waals surface area contributed by atoms with Gasteiger partial charge in [0.05, 0.1) is 0 Å². The fraction of sp³-hybridized carbons (Fsp3) is 1.00. The fourth-order valence-corrected chi connectivity index (χ4v) is 0.866. The first-order chi connectivity index (χ1) is 3.35. The first-order valence-corrected chi connectivity index (χ1v) is 3.35. The Labute approximate surface area is 59.1 Å². The lowest BCUT2D eigenvalue weighted by Gasteiger charge is -2.05. The summed E-state index contributed by atoms with van der Waals surface area (Å²) < 4.78 is 0. The van der Waals surface area contributed by atoms with Gasteiger partial charge in [0.1, 0.15) is 0 Å². The Morgan fingerprint density at radius 3 is 1.12 bits per heavy atom. The molecule has 0 saturated carbocycles. The summed E-state index contributed by atoms with van der Waals surface area (Å²) >= 11 is 0. The SMILES string of the molecule is CCC(CC)CC.Cl. The maximum absolute atomic E-state index is 2.26. The first-order valence-electron chi connectivity index (χ1n) is 3.35. The van der Waals surface area contributed by atoms with E-state index in [2.05, 4.69) is 20.8 Å². The molecule has 52 valence electrons. The molecule has 0 aromatic rings. The van der Waals surface area contributed by atoms with Crippen LogP contribution >= 0.6 is 12.4 Å². The van der Waals surface area contributed by atoms with E-state index in [4.69, 9.17) is 0 Å². The summed E-state index contributed by atoms with van der Waals surface area (Å²) in [5.41, 5.74) is 0. The Bertz CT molecular complexity index is 25.9. The van der Waals surface area contributed by atoms with Crippen LogP contribution in [-0.4, -0.2) is 0 Å². The zero-order chi connectivity index (χ0) is 5.70. The van der Waals surface area contributed by atoms with Gasteiger partial charge in [-0.1, -0.05) is 40.0 Å². The van der Waals surface area contributed by atoms with Crippen LogP contribution in [0, 0.1) is 5.92 Å². The Morgan fingerprint density at radius 2 is 1.12 bits per heavy atom. The molecule has 0 nitrogen and oxygen atoms in total. The molecule has 0 aromatic carbocycles. The van der Waals surface area contributed by atoms with E-state index in [1.54, 1.807) is 0 Å². The molecule has 0 heterocycles. The molecule has 0 bridgehead atoms. The summed E-state index contributed by atoms with van der Waals surface area (Å²) in [4.78, 5) is 0. The van der Waals surface area contributed by atoms with E-state index in [0.717, 1.165) is 5.92 Å². The fourth-order valence-electron chi connectivity index (χ4n) is 0.866. The molecule has 0 atom stereocenters. The summed E-state index contributed by atoms with van der Waals surface area (Å²) in [5, 5.41) is 0. The quantitative estimate of drug-likeness (QED) is 0.559. The van der Waals surface area contributed by atoms with Gasteiger partial charge in [-0.3, -0.25) is 0 Å². The second-order valence-corrected chi connectivity index (χ2v) is 2.09. The average molecular weight is 137 g/mol. The van der Waals surface area contributed by atoms with Crippen molar-refractivity contribution in [1.29, 1.82) is 0 Å². The highest BCUT2D eigenvalue weighted by Gasteiger charge is 1.95. The van der Waals surface area contributed by atoms with Crippen molar-refractivity contribution in [3.63, 3.8) is 0 Å². The van der Waals surface area contributed by atoms with E-state index in [1.165, 1.54) is 19.3 Å². The number of hydrogen-bond acceptors (Lipinski definition) is 0. The third-order valence-corrected chi connectivity index (χ3v) is 1.73. The van der Waals surface area contributed by atoms with Crippen LogP contribution in [0.1, 0.15) is 40.0 Å². The maximum atomic E-state index is 2.26. The largest absolute Gasteiger partial charge is 0.147 e. The first kappa shape index (κ1) is 11.1. The predicted octanol–water partition coefficient (Wildman–Crippen LogP) is 3.25. The molecule has 0 N–H and O–H groups in total. The van der Waals surface area contributed by atoms with Crippen molar-refractivity contribution >= 4 is 12.4 Å². The number of rotatable bonds is 3. The summed E-state index contributed by atoms with van der Waals surface area (Å²) in [6.45, 7) is 6.78. The minimum Gasteiger partial charge on any atom is -0.147 e. The van der Waals surface area contributed by atoms with Gasteiger partial charge in [0.25, 0.3) is 0 Å². The molecule has 0 aliphatic rings. The van der Waals surface area contributed by atoms with Crippen molar-refractivity contribution < 1.29 is 0 Å². The molecule has 0 radical (unpaired) electrons. The van der Waals surface area contributed by atoms with Gasteiger partial charge in [-0.2, -0.15) is 0 Å². The van der Waals surface area contributed by atoms with Crippen molar-refractivity contribution in [2.75, 3.05) is 0 Å². The number of hydrogen-bond donors (Lipinski definition) is 0. The molecule has 0 rings (SSSR count). The van der Waals surface area contributed by atoms with Crippen LogP contribution in [0.4, 0.5) is 0 Å². The highest BCUT2D eigenvalue weighted by molar-refractivity contribution is 5.85. The monoisotopic (exact) mass is 136 g/mol. The minimum atomic E-state index is 0. The van der Waals surface area contributed by atoms with E-state index >= 15 is 0 Å². The Kier molecular flexibility index (Phi) is 10.1. The molecular formula is C7H17Cl. The molecule has 8 heavy (non-hydrogen) atoms.